The van der Waals surface area contributed by atoms with E-state index in [4.69, 9.17) is 4.74 Å². The molecule has 0 aromatic heterocycles. The average molecular weight is 301 g/mol. The lowest BCUT2D eigenvalue weighted by Gasteiger charge is -2.26. The van der Waals surface area contributed by atoms with Crippen molar-refractivity contribution in [2.45, 2.75) is 70.6 Å². The Kier molecular flexibility index (Phi) is 9.36. The number of ether oxygens (including phenoxy) is 1. The molecule has 0 aromatic carbocycles. The van der Waals surface area contributed by atoms with E-state index in [2.05, 4.69) is 30.9 Å². The van der Waals surface area contributed by atoms with Crippen molar-refractivity contribution in [3.8, 4) is 0 Å². The summed E-state index contributed by atoms with van der Waals surface area (Å²) in [5, 5.41) is 4.11. The Morgan fingerprint density at radius 3 is 2.85 bits per heavy atom. The van der Waals surface area contributed by atoms with Crippen molar-refractivity contribution in [2.24, 2.45) is 5.92 Å². The van der Waals surface area contributed by atoms with Crippen molar-refractivity contribution < 1.29 is 9.53 Å². The van der Waals surface area contributed by atoms with Gasteiger partial charge in [0.05, 0.1) is 6.61 Å². The zero-order valence-electron chi connectivity index (χ0n) is 13.3. The van der Waals surface area contributed by atoms with Crippen LogP contribution in [0.15, 0.2) is 0 Å². The van der Waals surface area contributed by atoms with Crippen molar-refractivity contribution in [2.75, 3.05) is 18.9 Å². The first-order valence-corrected chi connectivity index (χ1v) is 9.23. The van der Waals surface area contributed by atoms with Gasteiger partial charge in [0, 0.05) is 5.25 Å². The minimum absolute atomic E-state index is 0.0847. The van der Waals surface area contributed by atoms with E-state index in [1.165, 1.54) is 25.7 Å². The molecule has 1 saturated carbocycles. The fraction of sp³-hybridized carbons (Fsp3) is 0.938. The van der Waals surface area contributed by atoms with E-state index in [9.17, 15) is 4.79 Å². The van der Waals surface area contributed by atoms with Gasteiger partial charge < -0.3 is 10.1 Å². The smallest absolute Gasteiger partial charge is 0.323 e. The van der Waals surface area contributed by atoms with E-state index < -0.39 is 0 Å². The second-order valence-electron chi connectivity index (χ2n) is 5.81. The molecule has 0 radical (unpaired) electrons. The van der Waals surface area contributed by atoms with Crippen LogP contribution in [0.25, 0.3) is 0 Å². The summed E-state index contributed by atoms with van der Waals surface area (Å²) >= 11 is 2.05. The van der Waals surface area contributed by atoms with Gasteiger partial charge in [0.1, 0.15) is 6.04 Å². The van der Waals surface area contributed by atoms with E-state index in [0.717, 1.165) is 36.3 Å². The van der Waals surface area contributed by atoms with Gasteiger partial charge in [0.25, 0.3) is 0 Å². The highest BCUT2D eigenvalue weighted by molar-refractivity contribution is 7.99. The van der Waals surface area contributed by atoms with Gasteiger partial charge in [-0.15, -0.1) is 0 Å². The Morgan fingerprint density at radius 1 is 1.40 bits per heavy atom. The normalized spacial score (nSPS) is 24.4. The van der Waals surface area contributed by atoms with Crippen molar-refractivity contribution in [3.05, 3.63) is 0 Å². The minimum atomic E-state index is -0.122. The summed E-state index contributed by atoms with van der Waals surface area (Å²) in [5.74, 6) is 1.84. The van der Waals surface area contributed by atoms with Crippen LogP contribution in [0.5, 0.6) is 0 Å². The summed E-state index contributed by atoms with van der Waals surface area (Å²) in [6, 6.07) is -0.122. The van der Waals surface area contributed by atoms with Gasteiger partial charge in [-0.25, -0.2) is 0 Å². The molecular weight excluding hydrogens is 270 g/mol. The lowest BCUT2D eigenvalue weighted by atomic mass is 9.91. The highest BCUT2D eigenvalue weighted by Crippen LogP contribution is 2.32. The summed E-state index contributed by atoms with van der Waals surface area (Å²) in [6.07, 6.45) is 7.38. The Balaban J connectivity index is 2.27. The molecule has 1 aliphatic rings. The third kappa shape index (κ3) is 6.98. The fourth-order valence-electron chi connectivity index (χ4n) is 2.75. The quantitative estimate of drug-likeness (QED) is 0.660. The number of nitrogens with one attached hydrogen (secondary N) is 1. The largest absolute Gasteiger partial charge is 0.465 e. The van der Waals surface area contributed by atoms with Crippen LogP contribution in [0.2, 0.25) is 0 Å². The molecule has 3 nitrogen and oxygen atoms in total. The molecule has 1 aliphatic carbocycles. The summed E-state index contributed by atoms with van der Waals surface area (Å²) in [5.41, 5.74) is 0. The van der Waals surface area contributed by atoms with Gasteiger partial charge in [0.2, 0.25) is 0 Å². The van der Waals surface area contributed by atoms with Crippen molar-refractivity contribution in [3.63, 3.8) is 0 Å². The molecule has 0 aliphatic heterocycles. The zero-order valence-corrected chi connectivity index (χ0v) is 14.1. The molecule has 4 heteroatoms. The molecule has 0 aromatic rings. The number of hydrogen-bond donors (Lipinski definition) is 1. The van der Waals surface area contributed by atoms with Crippen molar-refractivity contribution in [1.29, 1.82) is 0 Å². The molecule has 1 fully saturated rings. The van der Waals surface area contributed by atoms with Crippen LogP contribution >= 0.6 is 11.8 Å². The number of carbonyl (C=O) groups excluding carboxylic acids is 1. The minimum Gasteiger partial charge on any atom is -0.465 e. The maximum absolute atomic E-state index is 11.9. The standard InChI is InChI=1S/C16H31NO2S/c1-4-10-17-15(16(18)19-5-2)9-11-20-14-8-6-7-13(3)12-14/h13-15,17H,4-12H2,1-3H3. The number of rotatable bonds is 9. The van der Waals surface area contributed by atoms with E-state index in [1.807, 2.05) is 6.92 Å². The molecule has 0 saturated heterocycles. The maximum Gasteiger partial charge on any atom is 0.323 e. The summed E-state index contributed by atoms with van der Waals surface area (Å²) in [6.45, 7) is 7.70. The Bertz CT molecular complexity index is 273. The van der Waals surface area contributed by atoms with Crippen molar-refractivity contribution in [1.82, 2.24) is 5.32 Å². The van der Waals surface area contributed by atoms with Crippen LogP contribution < -0.4 is 5.32 Å². The summed E-state index contributed by atoms with van der Waals surface area (Å²) < 4.78 is 5.15. The molecule has 20 heavy (non-hydrogen) atoms. The lowest BCUT2D eigenvalue weighted by molar-refractivity contribution is -0.145. The molecule has 118 valence electrons. The van der Waals surface area contributed by atoms with E-state index in [-0.39, 0.29) is 12.0 Å². The maximum atomic E-state index is 11.9. The third-order valence-electron chi connectivity index (χ3n) is 3.86. The van der Waals surface area contributed by atoms with Crippen LogP contribution in [0.4, 0.5) is 0 Å². The number of thioether (sulfide) groups is 1. The van der Waals surface area contributed by atoms with E-state index in [1.54, 1.807) is 0 Å². The first kappa shape index (κ1) is 17.8. The topological polar surface area (TPSA) is 38.3 Å². The predicted molar refractivity (Wildman–Crippen MR) is 87.2 cm³/mol. The van der Waals surface area contributed by atoms with Gasteiger partial charge in [0.15, 0.2) is 0 Å². The van der Waals surface area contributed by atoms with Crippen LogP contribution in [-0.2, 0) is 9.53 Å². The Labute approximate surface area is 128 Å². The zero-order chi connectivity index (χ0) is 14.8. The highest BCUT2D eigenvalue weighted by Gasteiger charge is 2.22. The van der Waals surface area contributed by atoms with Crippen LogP contribution in [0.1, 0.15) is 59.3 Å². The lowest BCUT2D eigenvalue weighted by Crippen LogP contribution is -2.39. The first-order chi connectivity index (χ1) is 9.67. The number of esters is 1. The predicted octanol–water partition coefficient (Wildman–Crippen LogP) is 3.62. The van der Waals surface area contributed by atoms with Crippen LogP contribution in [0, 0.1) is 5.92 Å². The second kappa shape index (κ2) is 10.5. The van der Waals surface area contributed by atoms with Gasteiger partial charge >= 0.3 is 5.97 Å². The van der Waals surface area contributed by atoms with Gasteiger partial charge in [-0.2, -0.15) is 11.8 Å². The van der Waals surface area contributed by atoms with Gasteiger partial charge in [-0.3, -0.25) is 4.79 Å². The molecule has 3 unspecified atom stereocenters. The fourth-order valence-corrected chi connectivity index (χ4v) is 4.25. The highest BCUT2D eigenvalue weighted by atomic mass is 32.2. The van der Waals surface area contributed by atoms with E-state index >= 15 is 0 Å². The first-order valence-electron chi connectivity index (χ1n) is 8.19. The second-order valence-corrected chi connectivity index (χ2v) is 7.22. The molecule has 0 amide bonds. The van der Waals surface area contributed by atoms with Gasteiger partial charge in [-0.1, -0.05) is 26.7 Å². The summed E-state index contributed by atoms with van der Waals surface area (Å²) in [4.78, 5) is 11.9. The molecule has 0 heterocycles. The van der Waals surface area contributed by atoms with Gasteiger partial charge in [-0.05, 0) is 50.8 Å². The molecule has 3 atom stereocenters. The molecule has 1 N–H and O–H groups in total. The van der Waals surface area contributed by atoms with Crippen LogP contribution in [-0.4, -0.2) is 36.2 Å². The molecule has 0 bridgehead atoms. The number of hydrogen-bond acceptors (Lipinski definition) is 4. The van der Waals surface area contributed by atoms with Crippen LogP contribution in [0.3, 0.4) is 0 Å². The van der Waals surface area contributed by atoms with E-state index in [0.29, 0.717) is 6.61 Å². The third-order valence-corrected chi connectivity index (χ3v) is 5.23. The van der Waals surface area contributed by atoms with Crippen molar-refractivity contribution >= 4 is 17.7 Å². The Morgan fingerprint density at radius 2 is 2.20 bits per heavy atom. The SMILES string of the molecule is CCCNC(CCSC1CCCC(C)C1)C(=O)OCC. The average Bonchev–Trinajstić information content (AvgIpc) is 2.43. The molecular formula is C16H31NO2S. The number of carbonyl (C=O) groups is 1. The Hall–Kier alpha value is -0.220. The summed E-state index contributed by atoms with van der Waals surface area (Å²) in [7, 11) is 0. The molecule has 1 rings (SSSR count). The molecule has 0 spiro atoms. The monoisotopic (exact) mass is 301 g/mol.